The number of carboxylic acids is 1. The molecule has 5 rings (SSSR count). The van der Waals surface area contributed by atoms with Crippen molar-refractivity contribution in [2.24, 2.45) is 10.9 Å². The van der Waals surface area contributed by atoms with Crippen molar-refractivity contribution >= 4 is 42.8 Å². The Labute approximate surface area is 338 Å². The van der Waals surface area contributed by atoms with Gasteiger partial charge >= 0.3 is 11.9 Å². The van der Waals surface area contributed by atoms with E-state index in [9.17, 15) is 39.1 Å². The second kappa shape index (κ2) is 22.7. The molecule has 1 fully saturated rings. The number of fused-ring (bicyclic) bond motifs is 3. The lowest BCUT2D eigenvalue weighted by atomic mass is 9.89. The fraction of sp³-hybridized carbons (Fsp3) is 0.419. The van der Waals surface area contributed by atoms with E-state index in [2.05, 4.69) is 22.3 Å². The van der Waals surface area contributed by atoms with Crippen LogP contribution in [0.4, 0.5) is 0 Å². The Morgan fingerprint density at radius 1 is 0.948 bits per heavy atom. The van der Waals surface area contributed by atoms with Crippen molar-refractivity contribution in [3.05, 3.63) is 107 Å². The van der Waals surface area contributed by atoms with Crippen LogP contribution in [0, 0.1) is 5.92 Å². The van der Waals surface area contributed by atoms with Gasteiger partial charge in [-0.15, -0.1) is 0 Å². The van der Waals surface area contributed by atoms with E-state index in [1.54, 1.807) is 0 Å². The lowest BCUT2D eigenvalue weighted by molar-refractivity contribution is -0.157. The van der Waals surface area contributed by atoms with E-state index in [4.69, 9.17) is 9.84 Å². The third kappa shape index (κ3) is 12.5. The maximum Gasteiger partial charge on any atom is 0.328 e. The minimum atomic E-state index is -1.06. The summed E-state index contributed by atoms with van der Waals surface area (Å²) in [6.45, 7) is 3.27. The minimum absolute atomic E-state index is 0.0483. The second-order valence-electron chi connectivity index (χ2n) is 14.3. The zero-order chi connectivity index (χ0) is 42.0. The summed E-state index contributed by atoms with van der Waals surface area (Å²) in [4.78, 5) is 79.5. The first-order valence-corrected chi connectivity index (χ1v) is 19.4. The number of aliphatic carboxylic acids is 1. The van der Waals surface area contributed by atoms with Crippen molar-refractivity contribution in [3.63, 3.8) is 0 Å². The van der Waals surface area contributed by atoms with Crippen LogP contribution in [0.3, 0.4) is 0 Å². The summed E-state index contributed by atoms with van der Waals surface area (Å²) in [6, 6.07) is 22.5. The number of hydroxylamine groups is 2. The van der Waals surface area contributed by atoms with Crippen LogP contribution < -0.4 is 10.6 Å². The van der Waals surface area contributed by atoms with Crippen molar-refractivity contribution in [1.82, 2.24) is 20.6 Å². The highest BCUT2D eigenvalue weighted by molar-refractivity contribution is 5.92. The monoisotopic (exact) mass is 799 g/mol. The normalized spacial score (nSPS) is 18.6. The molecule has 0 aromatic heterocycles. The maximum atomic E-state index is 13.7. The number of benzene rings is 3. The number of aliphatic imine (C=N–C) groups is 1. The van der Waals surface area contributed by atoms with Gasteiger partial charge in [0.25, 0.3) is 0 Å². The molecule has 3 aromatic rings. The Kier molecular flexibility index (Phi) is 17.5. The molecule has 4 amide bonds. The van der Waals surface area contributed by atoms with Crippen molar-refractivity contribution in [2.75, 3.05) is 20.3 Å². The molecule has 2 heterocycles. The summed E-state index contributed by atoms with van der Waals surface area (Å²) in [5.41, 5.74) is 3.61. The Morgan fingerprint density at radius 2 is 1.59 bits per heavy atom. The number of rotatable bonds is 18. The second-order valence-corrected chi connectivity index (χ2v) is 14.3. The number of hydrogen-bond donors (Lipinski definition) is 5. The molecule has 2 aliphatic rings. The predicted octanol–water partition coefficient (Wildman–Crippen LogP) is 3.06. The number of methoxy groups -OCH3 is 1. The Morgan fingerprint density at radius 3 is 2.19 bits per heavy atom. The number of aliphatic hydroxyl groups is 1. The highest BCUT2D eigenvalue weighted by Crippen LogP contribution is 2.39. The number of carbonyl (C=O) groups excluding carboxylic acids is 5. The van der Waals surface area contributed by atoms with Gasteiger partial charge in [-0.05, 0) is 73.9 Å². The van der Waals surface area contributed by atoms with Gasteiger partial charge in [-0.2, -0.15) is 0 Å². The molecule has 0 saturated carbocycles. The van der Waals surface area contributed by atoms with Crippen LogP contribution in [0.15, 0.2) is 89.9 Å². The third-order valence-corrected chi connectivity index (χ3v) is 10.3. The van der Waals surface area contributed by atoms with Crippen molar-refractivity contribution < 1.29 is 48.9 Å². The molecule has 58 heavy (non-hydrogen) atoms. The number of carbonyl (C=O) groups is 6. The number of amides is 4. The smallest absolute Gasteiger partial charge is 0.328 e. The SMILES string of the molecule is C=N[C@@H](Cc1ccccc1)C(=O)N[C@@H](CCCCO)C(=O)OC.O=CN(O)C[C@@H](Cc1ccccc1)C(=O)N[C@H]1Cc2ccccc2[C@H]2CCC[C@@H](C(=O)O)N2C1=O. The Bertz CT molecular complexity index is 1850. The maximum absolute atomic E-state index is 13.7. The summed E-state index contributed by atoms with van der Waals surface area (Å²) < 4.78 is 4.71. The van der Waals surface area contributed by atoms with Gasteiger partial charge < -0.3 is 30.5 Å². The largest absolute Gasteiger partial charge is 0.480 e. The number of piperidine rings is 1. The molecule has 2 aliphatic heterocycles. The standard InChI is InChI=1S/C26H29N3O6.C17H24N2O4/c30-16-28(35)15-19(13-17-7-2-1-3-8-17)24(31)27-21-14-18-9-4-5-10-20(18)22-11-6-12-23(26(33)34)29(22)25(21)32;1-18-15(12-13-8-4-3-5-9-13)16(21)19-14(17(22)23-2)10-6-7-11-20/h1-5,7-10,16,19,21-23,35H,6,11-15H2,(H,27,31)(H,33,34);3-5,8-9,14-15,20H,1,6-7,10-12H2,2H3,(H,19,21)/t19-,21+,22-,23+;14-,15-/m10/s1. The number of ether oxygens (including phenoxy) is 1. The summed E-state index contributed by atoms with van der Waals surface area (Å²) in [5, 5.41) is 34.3. The van der Waals surface area contributed by atoms with Gasteiger partial charge in [0.15, 0.2) is 0 Å². The molecule has 0 bridgehead atoms. The average Bonchev–Trinajstić information content (AvgIpc) is 3.36. The topological polar surface area (TPSA) is 215 Å². The lowest BCUT2D eigenvalue weighted by Gasteiger charge is -2.40. The van der Waals surface area contributed by atoms with E-state index in [1.807, 2.05) is 84.9 Å². The van der Waals surface area contributed by atoms with Gasteiger partial charge in [-0.3, -0.25) is 29.4 Å². The zero-order valence-corrected chi connectivity index (χ0v) is 32.7. The molecule has 5 N–H and O–H groups in total. The highest BCUT2D eigenvalue weighted by atomic mass is 16.5. The number of hydrogen-bond acceptors (Lipinski definition) is 10. The number of esters is 1. The summed E-state index contributed by atoms with van der Waals surface area (Å²) >= 11 is 0. The molecule has 0 spiro atoms. The first-order chi connectivity index (χ1) is 28.0. The number of unbranched alkanes of at least 4 members (excludes halogenated alkanes) is 1. The highest BCUT2D eigenvalue weighted by Gasteiger charge is 2.45. The summed E-state index contributed by atoms with van der Waals surface area (Å²) in [7, 11) is 1.28. The fourth-order valence-corrected chi connectivity index (χ4v) is 7.39. The molecule has 0 radical (unpaired) electrons. The van der Waals surface area contributed by atoms with Crippen LogP contribution >= 0.6 is 0 Å². The first kappa shape index (κ1) is 44.8. The molecule has 1 saturated heterocycles. The van der Waals surface area contributed by atoms with Crippen LogP contribution in [-0.2, 0) is 52.8 Å². The molecular weight excluding hydrogens is 746 g/mol. The number of nitrogens with one attached hydrogen (secondary N) is 2. The van der Waals surface area contributed by atoms with E-state index in [0.29, 0.717) is 50.0 Å². The van der Waals surface area contributed by atoms with E-state index < -0.39 is 53.8 Å². The number of aliphatic hydroxyl groups excluding tert-OH is 1. The van der Waals surface area contributed by atoms with E-state index >= 15 is 0 Å². The lowest BCUT2D eigenvalue weighted by Crippen LogP contribution is -2.56. The predicted molar refractivity (Wildman–Crippen MR) is 213 cm³/mol. The number of nitrogens with zero attached hydrogens (tertiary/aromatic N) is 3. The molecule has 310 valence electrons. The molecule has 0 aliphatic carbocycles. The molecule has 15 heteroatoms. The van der Waals surface area contributed by atoms with Gasteiger partial charge in [-0.1, -0.05) is 84.9 Å². The van der Waals surface area contributed by atoms with Crippen LogP contribution in [-0.4, -0.2) is 113 Å². The fourth-order valence-electron chi connectivity index (χ4n) is 7.39. The zero-order valence-electron chi connectivity index (χ0n) is 32.7. The van der Waals surface area contributed by atoms with Gasteiger partial charge in [0.05, 0.1) is 25.6 Å². The average molecular weight is 800 g/mol. The summed E-state index contributed by atoms with van der Waals surface area (Å²) in [5.74, 6) is -3.65. The van der Waals surface area contributed by atoms with Gasteiger partial charge in [-0.25, -0.2) is 14.7 Å². The third-order valence-electron chi connectivity index (χ3n) is 10.3. The van der Waals surface area contributed by atoms with Gasteiger partial charge in [0.1, 0.15) is 24.2 Å². The van der Waals surface area contributed by atoms with Crippen LogP contribution in [0.25, 0.3) is 0 Å². The Balaban J connectivity index is 0.000000282. The molecule has 0 unspecified atom stereocenters. The van der Waals surface area contributed by atoms with Crippen LogP contribution in [0.1, 0.15) is 66.8 Å². The Hall–Kier alpha value is -5.93. The van der Waals surface area contributed by atoms with Crippen LogP contribution in [0.2, 0.25) is 0 Å². The van der Waals surface area contributed by atoms with Crippen molar-refractivity contribution in [3.8, 4) is 0 Å². The van der Waals surface area contributed by atoms with E-state index in [-0.39, 0.29) is 44.4 Å². The van der Waals surface area contributed by atoms with Crippen molar-refractivity contribution in [1.29, 1.82) is 0 Å². The quantitative estimate of drug-likeness (QED) is 0.0317. The van der Waals surface area contributed by atoms with E-state index in [1.165, 1.54) is 12.0 Å². The van der Waals surface area contributed by atoms with Gasteiger partial charge in [0, 0.05) is 19.4 Å². The molecular formula is C43H53N5O10. The first-order valence-electron chi connectivity index (χ1n) is 19.4. The van der Waals surface area contributed by atoms with Gasteiger partial charge in [0.2, 0.25) is 24.1 Å². The molecule has 15 nitrogen and oxygen atoms in total. The number of carboxylic acid groups (broad SMARTS) is 1. The minimum Gasteiger partial charge on any atom is -0.480 e. The van der Waals surface area contributed by atoms with Crippen LogP contribution in [0.5, 0.6) is 0 Å². The van der Waals surface area contributed by atoms with E-state index in [0.717, 1.165) is 22.3 Å². The molecule has 6 atom stereocenters. The molecule has 3 aromatic carbocycles. The van der Waals surface area contributed by atoms with Crippen molar-refractivity contribution in [2.45, 2.75) is 88.0 Å². The summed E-state index contributed by atoms with van der Waals surface area (Å²) in [6.07, 6.45) is 4.42.